The van der Waals surface area contributed by atoms with Gasteiger partial charge in [0.05, 0.1) is 18.5 Å². The van der Waals surface area contributed by atoms with Gasteiger partial charge in [-0.3, -0.25) is 4.98 Å². The van der Waals surface area contributed by atoms with Crippen molar-refractivity contribution in [3.05, 3.63) is 65.2 Å². The summed E-state index contributed by atoms with van der Waals surface area (Å²) in [6.45, 7) is 2.70. The van der Waals surface area contributed by atoms with E-state index in [1.165, 1.54) is 12.3 Å². The Morgan fingerprint density at radius 3 is 2.74 bits per heavy atom. The molecule has 1 aromatic heterocycles. The number of benzene rings is 1. The van der Waals surface area contributed by atoms with Crippen LogP contribution in [0, 0.1) is 5.82 Å². The Balaban J connectivity index is 1.96. The summed E-state index contributed by atoms with van der Waals surface area (Å²) in [5.41, 5.74) is 2.80. The number of aliphatic hydroxyl groups excluding tert-OH is 1. The van der Waals surface area contributed by atoms with Crippen molar-refractivity contribution in [2.45, 2.75) is 26.1 Å². The first-order chi connectivity index (χ1) is 9.19. The predicted octanol–water partition coefficient (Wildman–Crippen LogP) is 2.56. The lowest BCUT2D eigenvalue weighted by molar-refractivity contribution is 0.281. The van der Waals surface area contributed by atoms with E-state index >= 15 is 0 Å². The zero-order valence-electron chi connectivity index (χ0n) is 10.8. The maximum absolute atomic E-state index is 12.8. The molecule has 4 heteroatoms. The molecule has 0 spiro atoms. The molecule has 2 N–H and O–H groups in total. The molecule has 1 heterocycles. The number of halogens is 1. The Morgan fingerprint density at radius 2 is 2.05 bits per heavy atom. The van der Waals surface area contributed by atoms with Gasteiger partial charge in [-0.2, -0.15) is 0 Å². The van der Waals surface area contributed by atoms with Gasteiger partial charge in [0.1, 0.15) is 5.82 Å². The monoisotopic (exact) mass is 260 g/mol. The molecular formula is C15H17FN2O. The molecule has 2 aromatic rings. The fraction of sp³-hybridized carbons (Fsp3) is 0.267. The van der Waals surface area contributed by atoms with E-state index in [1.807, 2.05) is 31.2 Å². The fourth-order valence-electron chi connectivity index (χ4n) is 1.86. The number of aliphatic hydroxyl groups is 1. The average molecular weight is 260 g/mol. The highest BCUT2D eigenvalue weighted by molar-refractivity contribution is 5.23. The van der Waals surface area contributed by atoms with Gasteiger partial charge in [0, 0.05) is 12.6 Å². The highest BCUT2D eigenvalue weighted by Crippen LogP contribution is 2.11. The quantitative estimate of drug-likeness (QED) is 0.868. The second-order valence-corrected chi connectivity index (χ2v) is 4.48. The molecule has 1 unspecified atom stereocenters. The molecule has 2 rings (SSSR count). The molecule has 0 aliphatic rings. The largest absolute Gasteiger partial charge is 0.392 e. The van der Waals surface area contributed by atoms with Crippen LogP contribution in [0.25, 0.3) is 0 Å². The van der Waals surface area contributed by atoms with Crippen LogP contribution in [0.2, 0.25) is 0 Å². The van der Waals surface area contributed by atoms with Gasteiger partial charge in [0.15, 0.2) is 0 Å². The summed E-state index contributed by atoms with van der Waals surface area (Å²) < 4.78 is 12.8. The van der Waals surface area contributed by atoms with Gasteiger partial charge in [-0.1, -0.05) is 24.3 Å². The minimum Gasteiger partial charge on any atom is -0.392 e. The van der Waals surface area contributed by atoms with Crippen molar-refractivity contribution in [1.29, 1.82) is 0 Å². The van der Waals surface area contributed by atoms with E-state index in [9.17, 15) is 4.39 Å². The average Bonchev–Trinajstić information content (AvgIpc) is 2.46. The van der Waals surface area contributed by atoms with Crippen LogP contribution < -0.4 is 5.32 Å². The van der Waals surface area contributed by atoms with Gasteiger partial charge in [0.2, 0.25) is 0 Å². The molecular weight excluding hydrogens is 243 g/mol. The van der Waals surface area contributed by atoms with E-state index in [1.54, 1.807) is 6.07 Å². The summed E-state index contributed by atoms with van der Waals surface area (Å²) in [7, 11) is 0. The number of nitrogens with zero attached hydrogens (tertiary/aromatic N) is 1. The molecule has 0 amide bonds. The van der Waals surface area contributed by atoms with Crippen LogP contribution in [-0.2, 0) is 13.2 Å². The van der Waals surface area contributed by atoms with Gasteiger partial charge < -0.3 is 10.4 Å². The van der Waals surface area contributed by atoms with Gasteiger partial charge in [-0.25, -0.2) is 4.39 Å². The Labute approximate surface area is 112 Å². The SMILES string of the molecule is CC(NCc1cccc(CO)c1)c1ccc(F)cn1. The molecule has 0 radical (unpaired) electrons. The molecule has 1 atom stereocenters. The van der Waals surface area contributed by atoms with Crippen LogP contribution in [-0.4, -0.2) is 10.1 Å². The van der Waals surface area contributed by atoms with Crippen molar-refractivity contribution in [3.8, 4) is 0 Å². The Bertz CT molecular complexity index is 528. The molecule has 0 aliphatic carbocycles. The van der Waals surface area contributed by atoms with E-state index < -0.39 is 0 Å². The third-order valence-corrected chi connectivity index (χ3v) is 2.98. The zero-order valence-corrected chi connectivity index (χ0v) is 10.8. The van der Waals surface area contributed by atoms with E-state index in [4.69, 9.17) is 5.11 Å². The number of aromatic nitrogens is 1. The lowest BCUT2D eigenvalue weighted by atomic mass is 10.1. The summed E-state index contributed by atoms with van der Waals surface area (Å²) in [6.07, 6.45) is 1.22. The van der Waals surface area contributed by atoms with Crippen molar-refractivity contribution in [1.82, 2.24) is 10.3 Å². The number of hydrogen-bond acceptors (Lipinski definition) is 3. The zero-order chi connectivity index (χ0) is 13.7. The van der Waals surface area contributed by atoms with Gasteiger partial charge >= 0.3 is 0 Å². The Kier molecular flexibility index (Phi) is 4.60. The normalized spacial score (nSPS) is 12.4. The number of pyridine rings is 1. The maximum Gasteiger partial charge on any atom is 0.141 e. The molecule has 100 valence electrons. The highest BCUT2D eigenvalue weighted by atomic mass is 19.1. The lowest BCUT2D eigenvalue weighted by Gasteiger charge is -2.13. The second-order valence-electron chi connectivity index (χ2n) is 4.48. The minimum atomic E-state index is -0.327. The van der Waals surface area contributed by atoms with Crippen LogP contribution in [0.4, 0.5) is 4.39 Å². The third-order valence-electron chi connectivity index (χ3n) is 2.98. The number of nitrogens with one attached hydrogen (secondary N) is 1. The first-order valence-electron chi connectivity index (χ1n) is 6.22. The van der Waals surface area contributed by atoms with E-state index in [2.05, 4.69) is 10.3 Å². The summed E-state index contributed by atoms with van der Waals surface area (Å²) in [4.78, 5) is 4.05. The van der Waals surface area contributed by atoms with Gasteiger partial charge in [0.25, 0.3) is 0 Å². The van der Waals surface area contributed by atoms with E-state index in [0.29, 0.717) is 6.54 Å². The summed E-state index contributed by atoms with van der Waals surface area (Å²) in [6, 6.07) is 10.9. The van der Waals surface area contributed by atoms with Crippen molar-refractivity contribution >= 4 is 0 Å². The van der Waals surface area contributed by atoms with E-state index in [0.717, 1.165) is 16.8 Å². The summed E-state index contributed by atoms with van der Waals surface area (Å²) >= 11 is 0. The van der Waals surface area contributed by atoms with Crippen LogP contribution in [0.5, 0.6) is 0 Å². The van der Waals surface area contributed by atoms with Crippen molar-refractivity contribution < 1.29 is 9.50 Å². The van der Waals surface area contributed by atoms with Gasteiger partial charge in [-0.05, 0) is 30.2 Å². The highest BCUT2D eigenvalue weighted by Gasteiger charge is 2.06. The van der Waals surface area contributed by atoms with E-state index in [-0.39, 0.29) is 18.5 Å². The molecule has 19 heavy (non-hydrogen) atoms. The third kappa shape index (κ3) is 3.84. The molecule has 0 saturated carbocycles. The molecule has 3 nitrogen and oxygen atoms in total. The van der Waals surface area contributed by atoms with Crippen LogP contribution >= 0.6 is 0 Å². The summed E-state index contributed by atoms with van der Waals surface area (Å²) in [5.74, 6) is -0.327. The topological polar surface area (TPSA) is 45.1 Å². The lowest BCUT2D eigenvalue weighted by Crippen LogP contribution is -2.19. The van der Waals surface area contributed by atoms with Crippen LogP contribution in [0.15, 0.2) is 42.6 Å². The second kappa shape index (κ2) is 6.41. The van der Waals surface area contributed by atoms with Crippen LogP contribution in [0.1, 0.15) is 29.8 Å². The fourth-order valence-corrected chi connectivity index (χ4v) is 1.86. The number of hydrogen-bond donors (Lipinski definition) is 2. The van der Waals surface area contributed by atoms with Crippen molar-refractivity contribution in [2.24, 2.45) is 0 Å². The van der Waals surface area contributed by atoms with Crippen LogP contribution in [0.3, 0.4) is 0 Å². The molecule has 0 aliphatic heterocycles. The molecule has 0 fully saturated rings. The first kappa shape index (κ1) is 13.6. The van der Waals surface area contributed by atoms with Crippen molar-refractivity contribution in [3.63, 3.8) is 0 Å². The first-order valence-corrected chi connectivity index (χ1v) is 6.22. The molecule has 0 saturated heterocycles. The smallest absolute Gasteiger partial charge is 0.141 e. The van der Waals surface area contributed by atoms with Crippen molar-refractivity contribution in [2.75, 3.05) is 0 Å². The standard InChI is InChI=1S/C15H17FN2O/c1-11(15-6-5-14(16)9-18-15)17-8-12-3-2-4-13(7-12)10-19/h2-7,9,11,17,19H,8,10H2,1H3. The Morgan fingerprint density at radius 1 is 1.26 bits per heavy atom. The minimum absolute atomic E-state index is 0.0402. The Hall–Kier alpha value is -1.78. The molecule has 0 bridgehead atoms. The summed E-state index contributed by atoms with van der Waals surface area (Å²) in [5, 5.41) is 12.4. The predicted molar refractivity (Wildman–Crippen MR) is 71.8 cm³/mol. The maximum atomic E-state index is 12.8. The van der Waals surface area contributed by atoms with Gasteiger partial charge in [-0.15, -0.1) is 0 Å². The molecule has 1 aromatic carbocycles. The number of rotatable bonds is 5.